The van der Waals surface area contributed by atoms with Crippen LogP contribution in [0.2, 0.25) is 0 Å². The maximum Gasteiger partial charge on any atom is 0.293 e. The Morgan fingerprint density at radius 2 is 2.29 bits per heavy atom. The van der Waals surface area contributed by atoms with Gasteiger partial charge in [0.15, 0.2) is 5.82 Å². The number of carbonyl (C=O) groups excluding carboxylic acids is 1. The van der Waals surface area contributed by atoms with Gasteiger partial charge in [-0.05, 0) is 57.3 Å². The van der Waals surface area contributed by atoms with Crippen molar-refractivity contribution in [1.29, 1.82) is 0 Å². The van der Waals surface area contributed by atoms with Crippen molar-refractivity contribution >= 4 is 18.0 Å². The molecule has 2 aromatic rings. The third kappa shape index (κ3) is 4.34. The van der Waals surface area contributed by atoms with Crippen molar-refractivity contribution in [2.24, 2.45) is 5.92 Å². The number of anilines is 2. The minimum atomic E-state index is 0.0168. The quantitative estimate of drug-likeness (QED) is 0.601. The monoisotopic (exact) mass is 385 g/mol. The third-order valence-corrected chi connectivity index (χ3v) is 5.63. The summed E-state index contributed by atoms with van der Waals surface area (Å²) in [5, 5.41) is 14.1. The molecule has 0 radical (unpaired) electrons. The number of carbonyl (C=O) groups is 1. The Balaban J connectivity index is 1.38. The average molecular weight is 385 g/mol. The van der Waals surface area contributed by atoms with Crippen molar-refractivity contribution in [1.82, 2.24) is 20.5 Å². The molecule has 28 heavy (non-hydrogen) atoms. The Morgan fingerprint density at radius 1 is 1.36 bits per heavy atom. The van der Waals surface area contributed by atoms with Crippen molar-refractivity contribution < 1.29 is 14.3 Å². The molecule has 4 atom stereocenters. The summed E-state index contributed by atoms with van der Waals surface area (Å²) in [6.07, 6.45) is 5.58. The molecule has 3 N–H and O–H groups in total. The van der Waals surface area contributed by atoms with Crippen LogP contribution in [0.15, 0.2) is 24.4 Å². The molecule has 150 valence electrons. The number of H-pyrrole nitrogens is 1. The summed E-state index contributed by atoms with van der Waals surface area (Å²) in [6, 6.07) is 5.99. The van der Waals surface area contributed by atoms with Crippen molar-refractivity contribution in [2.45, 2.75) is 43.8 Å². The van der Waals surface area contributed by atoms with Crippen molar-refractivity contribution in [3.63, 3.8) is 0 Å². The number of aromatic amines is 1. The maximum absolute atomic E-state index is 10.5. The van der Waals surface area contributed by atoms with Crippen molar-refractivity contribution in [3.05, 3.63) is 35.8 Å². The summed E-state index contributed by atoms with van der Waals surface area (Å²) in [6.45, 7) is 2.28. The van der Waals surface area contributed by atoms with Crippen LogP contribution in [-0.2, 0) is 14.3 Å². The number of rotatable bonds is 8. The molecule has 0 amide bonds. The van der Waals surface area contributed by atoms with Gasteiger partial charge in [0.1, 0.15) is 6.10 Å². The molecule has 1 saturated carbocycles. The van der Waals surface area contributed by atoms with Crippen molar-refractivity contribution in [3.8, 4) is 0 Å². The van der Waals surface area contributed by atoms with Gasteiger partial charge >= 0.3 is 0 Å². The zero-order valence-corrected chi connectivity index (χ0v) is 16.1. The summed E-state index contributed by atoms with van der Waals surface area (Å²) >= 11 is 0. The van der Waals surface area contributed by atoms with Crippen molar-refractivity contribution in [2.75, 3.05) is 25.5 Å². The number of hydrogen-bond donors (Lipinski definition) is 3. The molecule has 1 saturated heterocycles. The maximum atomic E-state index is 10.5. The molecule has 0 bridgehead atoms. The lowest BCUT2D eigenvalue weighted by Gasteiger charge is -2.11. The molecule has 4 unspecified atom stereocenters. The van der Waals surface area contributed by atoms with E-state index in [1.807, 2.05) is 25.2 Å². The highest BCUT2D eigenvalue weighted by atomic mass is 16.5. The van der Waals surface area contributed by atoms with Gasteiger partial charge in [-0.1, -0.05) is 0 Å². The molecule has 8 nitrogen and oxygen atoms in total. The lowest BCUT2D eigenvalue weighted by molar-refractivity contribution is -0.133. The number of nitrogens with one attached hydrogen (secondary N) is 3. The Morgan fingerprint density at radius 3 is 3.14 bits per heavy atom. The van der Waals surface area contributed by atoms with E-state index < -0.39 is 0 Å². The molecule has 8 heteroatoms. The van der Waals surface area contributed by atoms with Gasteiger partial charge in [-0.15, -0.1) is 0 Å². The van der Waals surface area contributed by atoms with Crippen LogP contribution < -0.4 is 10.6 Å². The molecule has 1 aliphatic heterocycles. The van der Waals surface area contributed by atoms with Crippen LogP contribution >= 0.6 is 0 Å². The SMILES string of the molecule is CNCC1COC(c2cc(Nc3cc(C4CCC(OC=O)C4)[nH]n3)ccn2)C1. The van der Waals surface area contributed by atoms with Crippen LogP contribution in [0.4, 0.5) is 11.5 Å². The minimum Gasteiger partial charge on any atom is -0.465 e. The first-order valence-electron chi connectivity index (χ1n) is 9.88. The van der Waals surface area contributed by atoms with Gasteiger partial charge in [0, 0.05) is 29.6 Å². The number of pyridine rings is 1. The van der Waals surface area contributed by atoms with E-state index in [1.54, 1.807) is 6.20 Å². The molecule has 4 rings (SSSR count). The van der Waals surface area contributed by atoms with E-state index in [9.17, 15) is 4.79 Å². The number of hydrogen-bond acceptors (Lipinski definition) is 7. The van der Waals surface area contributed by atoms with Gasteiger partial charge in [-0.3, -0.25) is 14.9 Å². The van der Waals surface area contributed by atoms with Gasteiger partial charge in [0.2, 0.25) is 0 Å². The van der Waals surface area contributed by atoms with Gasteiger partial charge in [0.25, 0.3) is 6.47 Å². The van der Waals surface area contributed by atoms with E-state index in [0.29, 0.717) is 18.3 Å². The molecule has 2 fully saturated rings. The second-order valence-electron chi connectivity index (χ2n) is 7.65. The molecular weight excluding hydrogens is 358 g/mol. The number of ether oxygens (including phenoxy) is 2. The topological polar surface area (TPSA) is 101 Å². The lowest BCUT2D eigenvalue weighted by atomic mass is 10.0. The van der Waals surface area contributed by atoms with E-state index in [-0.39, 0.29) is 12.2 Å². The summed E-state index contributed by atoms with van der Waals surface area (Å²) in [7, 11) is 1.97. The van der Waals surface area contributed by atoms with E-state index >= 15 is 0 Å². The highest BCUT2D eigenvalue weighted by Crippen LogP contribution is 2.36. The first kappa shape index (κ1) is 18.9. The summed E-state index contributed by atoms with van der Waals surface area (Å²) in [5.41, 5.74) is 2.96. The second kappa shape index (κ2) is 8.70. The summed E-state index contributed by atoms with van der Waals surface area (Å²) in [5.74, 6) is 1.64. The molecule has 1 aliphatic carbocycles. The molecule has 3 heterocycles. The zero-order valence-electron chi connectivity index (χ0n) is 16.1. The van der Waals surface area contributed by atoms with Crippen LogP contribution in [0.25, 0.3) is 0 Å². The minimum absolute atomic E-state index is 0.0168. The summed E-state index contributed by atoms with van der Waals surface area (Å²) in [4.78, 5) is 15.0. The van der Waals surface area contributed by atoms with Crippen LogP contribution in [0, 0.1) is 5.92 Å². The fourth-order valence-corrected chi connectivity index (χ4v) is 4.21. The predicted octanol–water partition coefficient (Wildman–Crippen LogP) is 2.65. The van der Waals surface area contributed by atoms with Gasteiger partial charge in [-0.25, -0.2) is 0 Å². The van der Waals surface area contributed by atoms with E-state index in [1.165, 1.54) is 0 Å². The van der Waals surface area contributed by atoms with Crippen LogP contribution in [0.3, 0.4) is 0 Å². The zero-order chi connectivity index (χ0) is 19.3. The Labute approximate surface area is 164 Å². The third-order valence-electron chi connectivity index (χ3n) is 5.63. The highest BCUT2D eigenvalue weighted by Gasteiger charge is 2.29. The van der Waals surface area contributed by atoms with Gasteiger partial charge < -0.3 is 20.1 Å². The molecule has 0 aromatic carbocycles. The van der Waals surface area contributed by atoms with Crippen LogP contribution in [0.5, 0.6) is 0 Å². The Kier molecular flexibility index (Phi) is 5.87. The second-order valence-corrected chi connectivity index (χ2v) is 7.65. The first-order chi connectivity index (χ1) is 13.7. The fourth-order valence-electron chi connectivity index (χ4n) is 4.21. The lowest BCUT2D eigenvalue weighted by Crippen LogP contribution is -2.18. The molecular formula is C20H27N5O3. The van der Waals surface area contributed by atoms with Gasteiger partial charge in [0.05, 0.1) is 18.4 Å². The van der Waals surface area contributed by atoms with E-state index in [0.717, 1.165) is 61.7 Å². The van der Waals surface area contributed by atoms with Gasteiger partial charge in [-0.2, -0.15) is 5.10 Å². The first-order valence-corrected chi connectivity index (χ1v) is 9.88. The van der Waals surface area contributed by atoms with E-state index in [2.05, 4.69) is 25.8 Å². The number of aromatic nitrogens is 3. The standard InChI is InChI=1S/C20H27N5O3/c1-21-10-13-6-19(27-11-13)18-8-15(4-5-22-18)23-20-9-17(24-25-20)14-2-3-16(7-14)28-12-26/h4-5,8-9,12-14,16,19,21H,2-3,6-7,10-11H2,1H3,(H2,22,23,24,25). The predicted molar refractivity (Wildman–Crippen MR) is 104 cm³/mol. The Bertz CT molecular complexity index is 796. The van der Waals surface area contributed by atoms with E-state index in [4.69, 9.17) is 9.47 Å². The number of nitrogens with zero attached hydrogens (tertiary/aromatic N) is 2. The highest BCUT2D eigenvalue weighted by molar-refractivity contribution is 5.56. The fraction of sp³-hybridized carbons (Fsp3) is 0.550. The molecule has 0 spiro atoms. The molecule has 2 aliphatic rings. The molecule has 2 aromatic heterocycles. The average Bonchev–Trinajstić information content (AvgIpc) is 3.43. The summed E-state index contributed by atoms with van der Waals surface area (Å²) < 4.78 is 11.0. The largest absolute Gasteiger partial charge is 0.465 e. The smallest absolute Gasteiger partial charge is 0.293 e. The van der Waals surface area contributed by atoms with Crippen LogP contribution in [0.1, 0.15) is 49.1 Å². The van der Waals surface area contributed by atoms with Crippen LogP contribution in [-0.4, -0.2) is 48.0 Å². The normalized spacial score (nSPS) is 27.0. The Hall–Kier alpha value is -2.45.